The van der Waals surface area contributed by atoms with E-state index in [1.165, 1.54) is 32.2 Å². The minimum absolute atomic E-state index is 0.0376. The number of carbonyl (C=O) groups is 2. The van der Waals surface area contributed by atoms with Gasteiger partial charge in [-0.05, 0) is 89.1 Å². The number of aromatic nitrogens is 3. The molecule has 0 radical (unpaired) electrons. The maximum Gasteiger partial charge on any atom is 0.410 e. The third kappa shape index (κ3) is 7.36. The van der Waals surface area contributed by atoms with Crippen LogP contribution < -0.4 is 9.64 Å². The quantitative estimate of drug-likeness (QED) is 0.187. The number of hydrogen-bond acceptors (Lipinski definition) is 7. The predicted octanol–water partition coefficient (Wildman–Crippen LogP) is 7.51. The molecule has 0 spiro atoms. The monoisotopic (exact) mass is 708 g/mol. The van der Waals surface area contributed by atoms with Gasteiger partial charge < -0.3 is 28.7 Å². The van der Waals surface area contributed by atoms with Gasteiger partial charge in [0, 0.05) is 84.5 Å². The van der Waals surface area contributed by atoms with Crippen molar-refractivity contribution in [1.82, 2.24) is 24.3 Å². The molecule has 1 aromatic carbocycles. The van der Waals surface area contributed by atoms with Gasteiger partial charge in [0.25, 0.3) is 5.91 Å². The third-order valence-corrected chi connectivity index (χ3v) is 10.1. The number of rotatable bonds is 8. The summed E-state index contributed by atoms with van der Waals surface area (Å²) in [6.45, 7) is 13.8. The van der Waals surface area contributed by atoms with E-state index in [9.17, 15) is 14.0 Å². The number of anilines is 1. The van der Waals surface area contributed by atoms with Crippen LogP contribution in [-0.4, -0.2) is 88.3 Å². The van der Waals surface area contributed by atoms with Gasteiger partial charge in [-0.2, -0.15) is 0 Å². The van der Waals surface area contributed by atoms with E-state index in [0.717, 1.165) is 64.1 Å². The van der Waals surface area contributed by atoms with Crippen molar-refractivity contribution in [2.45, 2.75) is 72.4 Å². The van der Waals surface area contributed by atoms with Crippen LogP contribution in [0.5, 0.6) is 5.75 Å². The van der Waals surface area contributed by atoms with Crippen molar-refractivity contribution in [2.24, 2.45) is 5.92 Å². The van der Waals surface area contributed by atoms with Crippen LogP contribution in [-0.2, 0) is 17.7 Å². The molecule has 0 N–H and O–H groups in total. The Morgan fingerprint density at radius 3 is 2.44 bits per heavy atom. The summed E-state index contributed by atoms with van der Waals surface area (Å²) in [6.07, 6.45) is 7.01. The number of fused-ring (bicyclic) bond motifs is 1. The van der Waals surface area contributed by atoms with Crippen molar-refractivity contribution < 1.29 is 23.5 Å². The van der Waals surface area contributed by atoms with E-state index >= 15 is 0 Å². The molecule has 10 nitrogen and oxygen atoms in total. The summed E-state index contributed by atoms with van der Waals surface area (Å²) in [5.41, 5.74) is 7.28. The lowest BCUT2D eigenvalue weighted by molar-refractivity contribution is 0.0272. The second kappa shape index (κ2) is 14.2. The second-order valence-electron chi connectivity index (χ2n) is 15.2. The molecule has 2 fully saturated rings. The Kier molecular flexibility index (Phi) is 9.71. The highest BCUT2D eigenvalue weighted by atomic mass is 19.1. The summed E-state index contributed by atoms with van der Waals surface area (Å²) in [7, 11) is 1.51. The lowest BCUT2D eigenvalue weighted by Gasteiger charge is -2.36. The van der Waals surface area contributed by atoms with Gasteiger partial charge in [-0.15, -0.1) is 0 Å². The Bertz CT molecular complexity index is 2040. The third-order valence-electron chi connectivity index (χ3n) is 10.1. The average molecular weight is 709 g/mol. The number of amides is 2. The number of benzene rings is 1. The molecule has 3 aliphatic rings. The second-order valence-corrected chi connectivity index (χ2v) is 15.2. The molecule has 4 aromatic rings. The lowest BCUT2D eigenvalue weighted by Crippen LogP contribution is -2.49. The molecule has 2 amide bonds. The minimum Gasteiger partial charge on any atom is -0.493 e. The van der Waals surface area contributed by atoms with E-state index in [2.05, 4.69) is 40.7 Å². The fourth-order valence-corrected chi connectivity index (χ4v) is 7.40. The molecule has 5 heterocycles. The molecule has 7 rings (SSSR count). The first kappa shape index (κ1) is 35.5. The summed E-state index contributed by atoms with van der Waals surface area (Å²) < 4.78 is 27.4. The summed E-state index contributed by atoms with van der Waals surface area (Å²) in [5, 5.41) is 0.994. The predicted molar refractivity (Wildman–Crippen MR) is 201 cm³/mol. The van der Waals surface area contributed by atoms with Crippen LogP contribution in [0.15, 0.2) is 48.7 Å². The highest BCUT2D eigenvalue weighted by molar-refractivity contribution is 6.05. The van der Waals surface area contributed by atoms with E-state index in [-0.39, 0.29) is 12.0 Å². The molecule has 1 saturated heterocycles. The summed E-state index contributed by atoms with van der Waals surface area (Å²) in [5.74, 6) is 1.05. The molecule has 0 bridgehead atoms. The van der Waals surface area contributed by atoms with Crippen molar-refractivity contribution in [3.63, 3.8) is 0 Å². The van der Waals surface area contributed by atoms with Crippen molar-refractivity contribution in [3.05, 3.63) is 77.1 Å². The molecule has 3 aromatic heterocycles. The summed E-state index contributed by atoms with van der Waals surface area (Å²) in [4.78, 5) is 42.5. The van der Waals surface area contributed by atoms with Crippen LogP contribution in [0.4, 0.5) is 15.0 Å². The van der Waals surface area contributed by atoms with Gasteiger partial charge in [-0.25, -0.2) is 14.2 Å². The number of aryl methyl sites for hydroxylation is 2. The zero-order valence-electron chi connectivity index (χ0n) is 31.2. The van der Waals surface area contributed by atoms with E-state index in [0.29, 0.717) is 62.3 Å². The fourth-order valence-electron chi connectivity index (χ4n) is 7.40. The maximum atomic E-state index is 14.4. The van der Waals surface area contributed by atoms with Gasteiger partial charge >= 0.3 is 6.09 Å². The Hall–Kier alpha value is -4.93. The number of methoxy groups -OCH3 is 1. The lowest BCUT2D eigenvalue weighted by atomic mass is 9.96. The van der Waals surface area contributed by atoms with Crippen LogP contribution in [0, 0.1) is 18.7 Å². The molecule has 274 valence electrons. The molecule has 0 atom stereocenters. The van der Waals surface area contributed by atoms with Crippen molar-refractivity contribution in [1.29, 1.82) is 0 Å². The smallest absolute Gasteiger partial charge is 0.410 e. The van der Waals surface area contributed by atoms with Gasteiger partial charge in [0.05, 0.1) is 25.4 Å². The molecule has 0 unspecified atom stereocenters. The average Bonchev–Trinajstić information content (AvgIpc) is 3.88. The van der Waals surface area contributed by atoms with Crippen molar-refractivity contribution in [3.8, 4) is 16.9 Å². The minimum atomic E-state index is -0.576. The molecule has 2 aliphatic heterocycles. The Labute approximate surface area is 305 Å². The number of nitrogens with zero attached hydrogens (tertiary/aromatic N) is 6. The van der Waals surface area contributed by atoms with Crippen LogP contribution >= 0.6 is 0 Å². The zero-order chi connectivity index (χ0) is 36.7. The number of ether oxygens (including phenoxy) is 2. The van der Waals surface area contributed by atoms with E-state index in [1.54, 1.807) is 4.90 Å². The number of carbonyl (C=O) groups excluding carboxylic acids is 2. The first-order chi connectivity index (χ1) is 24.9. The van der Waals surface area contributed by atoms with Gasteiger partial charge in [-0.3, -0.25) is 9.78 Å². The molecule has 11 heteroatoms. The van der Waals surface area contributed by atoms with Gasteiger partial charge in [0.1, 0.15) is 11.4 Å². The van der Waals surface area contributed by atoms with Crippen LogP contribution in [0.2, 0.25) is 0 Å². The fraction of sp³-hybridized carbons (Fsp3) is 0.463. The largest absolute Gasteiger partial charge is 0.493 e. The highest BCUT2D eigenvalue weighted by Gasteiger charge is 2.31. The number of halogens is 1. The standard InChI is InChI=1S/C41H49FN6O4/c1-7-34-32(13-10-26(2)44-34)33-20-30(39(49)46-17-15-45(16-18-46)38-36(51-6)22-31(42)23-43-38)19-29-21-35(48(37(29)33)24-27-11-12-27)28-9-8-14-47(25-28)40(50)52-41(3,4)5/h9-10,13,19-23,27H,7-8,11-12,14-18,24-25H2,1-6H3. The first-order valence-corrected chi connectivity index (χ1v) is 18.5. The van der Waals surface area contributed by atoms with Gasteiger partial charge in [0.15, 0.2) is 11.6 Å². The first-order valence-electron chi connectivity index (χ1n) is 18.5. The molecular formula is C41H49FN6O4. The number of pyridine rings is 2. The molecular weight excluding hydrogens is 659 g/mol. The Morgan fingerprint density at radius 2 is 1.75 bits per heavy atom. The normalized spacial score (nSPS) is 16.7. The zero-order valence-corrected chi connectivity index (χ0v) is 31.2. The molecule has 1 saturated carbocycles. The van der Waals surface area contributed by atoms with Crippen molar-refractivity contribution >= 4 is 34.3 Å². The van der Waals surface area contributed by atoms with Gasteiger partial charge in [-0.1, -0.05) is 19.1 Å². The highest BCUT2D eigenvalue weighted by Crippen LogP contribution is 2.41. The Morgan fingerprint density at radius 1 is 0.981 bits per heavy atom. The van der Waals surface area contributed by atoms with E-state index in [4.69, 9.17) is 14.5 Å². The topological polar surface area (TPSA) is 93.0 Å². The maximum absolute atomic E-state index is 14.4. The van der Waals surface area contributed by atoms with E-state index < -0.39 is 11.4 Å². The van der Waals surface area contributed by atoms with Crippen LogP contribution in [0.3, 0.4) is 0 Å². The summed E-state index contributed by atoms with van der Waals surface area (Å²) in [6, 6.07) is 11.8. The van der Waals surface area contributed by atoms with Crippen LogP contribution in [0.1, 0.15) is 74.4 Å². The van der Waals surface area contributed by atoms with Gasteiger partial charge in [0.2, 0.25) is 0 Å². The Balaban J connectivity index is 1.28. The summed E-state index contributed by atoms with van der Waals surface area (Å²) >= 11 is 0. The number of hydrogen-bond donors (Lipinski definition) is 0. The number of piperazine rings is 1. The van der Waals surface area contributed by atoms with Crippen molar-refractivity contribution in [2.75, 3.05) is 51.3 Å². The van der Waals surface area contributed by atoms with E-state index in [1.807, 2.05) is 49.6 Å². The van der Waals surface area contributed by atoms with Crippen LogP contribution in [0.25, 0.3) is 27.6 Å². The molecule has 1 aliphatic carbocycles. The molecule has 52 heavy (non-hydrogen) atoms. The SMILES string of the molecule is CCc1nc(C)ccc1-c1cc(C(=O)N2CCN(c3ncc(F)cc3OC)CC2)cc2cc(C3=CCCN(C(=O)OC(C)(C)C)C3)n(CC3CC3)c12.